The van der Waals surface area contributed by atoms with Gasteiger partial charge >= 0.3 is 0 Å². The molecule has 156 valence electrons. The molecule has 1 saturated carbocycles. The molecule has 0 unspecified atom stereocenters. The van der Waals surface area contributed by atoms with Gasteiger partial charge < -0.3 is 9.80 Å². The van der Waals surface area contributed by atoms with E-state index < -0.39 is 18.5 Å². The SMILES string of the molecule is O=c1c2ccc(N3CCN(c4cc(C5CC5)ncn4)CC3)cc2ncn1CC(F)F. The molecule has 0 atom stereocenters. The highest BCUT2D eigenvalue weighted by Gasteiger charge is 2.26. The van der Waals surface area contributed by atoms with E-state index in [0.29, 0.717) is 16.8 Å². The third-order valence-electron chi connectivity index (χ3n) is 5.78. The van der Waals surface area contributed by atoms with Crippen molar-refractivity contribution >= 4 is 22.4 Å². The Kier molecular flexibility index (Phi) is 4.80. The summed E-state index contributed by atoms with van der Waals surface area (Å²) in [7, 11) is 0. The van der Waals surface area contributed by atoms with Crippen molar-refractivity contribution in [2.75, 3.05) is 36.0 Å². The number of halogens is 2. The minimum absolute atomic E-state index is 0.356. The number of alkyl halides is 2. The fourth-order valence-corrected chi connectivity index (χ4v) is 3.95. The third kappa shape index (κ3) is 3.71. The van der Waals surface area contributed by atoms with Crippen LogP contribution >= 0.6 is 0 Å². The van der Waals surface area contributed by atoms with Gasteiger partial charge in [0.05, 0.1) is 23.8 Å². The highest BCUT2D eigenvalue weighted by Crippen LogP contribution is 2.39. The standard InChI is InChI=1S/C21H22F2N6O/c22-19(23)11-29-13-26-18-9-15(3-4-16(18)21(29)30)27-5-7-28(8-6-27)20-10-17(14-1-2-14)24-12-25-20/h3-4,9-10,12-14,19H,1-2,5-8,11H2. The Balaban J connectivity index is 1.31. The summed E-state index contributed by atoms with van der Waals surface area (Å²) in [4.78, 5) is 30.0. The first-order valence-electron chi connectivity index (χ1n) is 10.2. The summed E-state index contributed by atoms with van der Waals surface area (Å²) in [5, 5.41) is 0.356. The fraction of sp³-hybridized carbons (Fsp3) is 0.429. The van der Waals surface area contributed by atoms with E-state index in [1.807, 2.05) is 12.1 Å². The molecule has 2 aromatic heterocycles. The topological polar surface area (TPSA) is 67.2 Å². The van der Waals surface area contributed by atoms with E-state index in [0.717, 1.165) is 47.9 Å². The molecular weight excluding hydrogens is 390 g/mol. The molecule has 9 heteroatoms. The smallest absolute Gasteiger partial charge is 0.261 e. The van der Waals surface area contributed by atoms with Gasteiger partial charge in [-0.2, -0.15) is 0 Å². The van der Waals surface area contributed by atoms with Crippen molar-refractivity contribution in [2.24, 2.45) is 0 Å². The second-order valence-electron chi connectivity index (χ2n) is 7.84. The lowest BCUT2D eigenvalue weighted by Gasteiger charge is -2.36. The number of piperazine rings is 1. The van der Waals surface area contributed by atoms with Crippen molar-refractivity contribution in [3.63, 3.8) is 0 Å². The summed E-state index contributed by atoms with van der Waals surface area (Å²) in [6.45, 7) is 2.66. The van der Waals surface area contributed by atoms with Crippen LogP contribution < -0.4 is 15.4 Å². The predicted molar refractivity (Wildman–Crippen MR) is 110 cm³/mol. The van der Waals surface area contributed by atoms with Gasteiger partial charge in [-0.3, -0.25) is 9.36 Å². The molecular formula is C21H22F2N6O. The zero-order chi connectivity index (χ0) is 20.7. The Morgan fingerprint density at radius 3 is 2.50 bits per heavy atom. The number of rotatable bonds is 5. The summed E-state index contributed by atoms with van der Waals surface area (Å²) < 4.78 is 26.2. The van der Waals surface area contributed by atoms with Gasteiger partial charge in [-0.15, -0.1) is 0 Å². The molecule has 0 N–H and O–H groups in total. The maximum absolute atomic E-state index is 12.6. The van der Waals surface area contributed by atoms with Gasteiger partial charge in [-0.1, -0.05) is 0 Å². The number of hydrogen-bond acceptors (Lipinski definition) is 6. The van der Waals surface area contributed by atoms with Crippen LogP contribution in [0.5, 0.6) is 0 Å². The first-order valence-corrected chi connectivity index (χ1v) is 10.2. The second kappa shape index (κ2) is 7.62. The van der Waals surface area contributed by atoms with Crippen LogP contribution in [0.2, 0.25) is 0 Å². The van der Waals surface area contributed by atoms with Gasteiger partial charge in [0.25, 0.3) is 12.0 Å². The molecule has 5 rings (SSSR count). The molecule has 0 spiro atoms. The lowest BCUT2D eigenvalue weighted by molar-refractivity contribution is 0.125. The Hall–Kier alpha value is -3.10. The number of hydrogen-bond donors (Lipinski definition) is 0. The average molecular weight is 412 g/mol. The van der Waals surface area contributed by atoms with Crippen LogP contribution in [0.15, 0.2) is 41.7 Å². The number of benzene rings is 1. The maximum Gasteiger partial charge on any atom is 0.261 e. The van der Waals surface area contributed by atoms with E-state index >= 15 is 0 Å². The first-order chi connectivity index (χ1) is 14.6. The minimum Gasteiger partial charge on any atom is -0.368 e. The molecule has 3 heterocycles. The predicted octanol–water partition coefficient (Wildman–Crippen LogP) is 2.66. The number of fused-ring (bicyclic) bond motifs is 1. The number of aromatic nitrogens is 4. The molecule has 0 radical (unpaired) electrons. The van der Waals surface area contributed by atoms with Gasteiger partial charge in [0.15, 0.2) is 0 Å². The zero-order valence-electron chi connectivity index (χ0n) is 16.4. The largest absolute Gasteiger partial charge is 0.368 e. The van der Waals surface area contributed by atoms with Gasteiger partial charge in [0.2, 0.25) is 0 Å². The second-order valence-corrected chi connectivity index (χ2v) is 7.84. The molecule has 3 aromatic rings. The molecule has 2 aliphatic rings. The number of nitrogens with zero attached hydrogens (tertiary/aromatic N) is 6. The van der Waals surface area contributed by atoms with E-state index in [1.165, 1.54) is 19.2 Å². The van der Waals surface area contributed by atoms with Gasteiger partial charge in [0, 0.05) is 49.5 Å². The fourth-order valence-electron chi connectivity index (χ4n) is 3.95. The lowest BCUT2D eigenvalue weighted by Crippen LogP contribution is -2.46. The Morgan fingerprint density at radius 2 is 1.77 bits per heavy atom. The van der Waals surface area contributed by atoms with Crippen molar-refractivity contribution in [1.82, 2.24) is 19.5 Å². The van der Waals surface area contributed by atoms with E-state index in [1.54, 1.807) is 12.4 Å². The van der Waals surface area contributed by atoms with E-state index in [2.05, 4.69) is 30.8 Å². The van der Waals surface area contributed by atoms with Crippen LogP contribution in [-0.2, 0) is 6.54 Å². The number of anilines is 2. The Morgan fingerprint density at radius 1 is 1.00 bits per heavy atom. The molecule has 7 nitrogen and oxygen atoms in total. The van der Waals surface area contributed by atoms with Gasteiger partial charge in [0.1, 0.15) is 12.1 Å². The lowest BCUT2D eigenvalue weighted by atomic mass is 10.2. The van der Waals surface area contributed by atoms with Crippen LogP contribution in [0.4, 0.5) is 20.3 Å². The molecule has 1 aliphatic carbocycles. The van der Waals surface area contributed by atoms with Gasteiger partial charge in [-0.05, 0) is 31.0 Å². The zero-order valence-corrected chi connectivity index (χ0v) is 16.4. The van der Waals surface area contributed by atoms with Crippen LogP contribution in [0.1, 0.15) is 24.5 Å². The Labute approximate surface area is 172 Å². The summed E-state index contributed by atoms with van der Waals surface area (Å²) in [6.07, 6.45) is 2.70. The Bertz CT molecular complexity index is 1120. The summed E-state index contributed by atoms with van der Waals surface area (Å²) in [6, 6.07) is 7.51. The van der Waals surface area contributed by atoms with Crippen molar-refractivity contribution in [3.05, 3.63) is 53.0 Å². The molecule has 1 saturated heterocycles. The van der Waals surface area contributed by atoms with E-state index in [9.17, 15) is 13.6 Å². The molecule has 0 bridgehead atoms. The first kappa shape index (κ1) is 18.9. The highest BCUT2D eigenvalue weighted by atomic mass is 19.3. The van der Waals surface area contributed by atoms with Crippen LogP contribution in [-0.4, -0.2) is 52.1 Å². The maximum atomic E-state index is 12.6. The van der Waals surface area contributed by atoms with Crippen molar-refractivity contribution in [1.29, 1.82) is 0 Å². The highest BCUT2D eigenvalue weighted by molar-refractivity contribution is 5.81. The van der Waals surface area contributed by atoms with E-state index in [-0.39, 0.29) is 0 Å². The quantitative estimate of drug-likeness (QED) is 0.642. The molecule has 0 amide bonds. The molecule has 1 aliphatic heterocycles. The van der Waals surface area contributed by atoms with E-state index in [4.69, 9.17) is 0 Å². The van der Waals surface area contributed by atoms with Crippen LogP contribution in [0.3, 0.4) is 0 Å². The van der Waals surface area contributed by atoms with Crippen LogP contribution in [0.25, 0.3) is 10.9 Å². The monoisotopic (exact) mass is 412 g/mol. The third-order valence-corrected chi connectivity index (χ3v) is 5.78. The normalized spacial score (nSPS) is 17.2. The van der Waals surface area contributed by atoms with Crippen molar-refractivity contribution in [3.8, 4) is 0 Å². The molecule has 2 fully saturated rings. The summed E-state index contributed by atoms with van der Waals surface area (Å²) >= 11 is 0. The molecule has 30 heavy (non-hydrogen) atoms. The van der Waals surface area contributed by atoms with Crippen molar-refractivity contribution < 1.29 is 8.78 Å². The van der Waals surface area contributed by atoms with Crippen LogP contribution in [0, 0.1) is 0 Å². The average Bonchev–Trinajstić information content (AvgIpc) is 3.61. The molecule has 1 aromatic carbocycles. The summed E-state index contributed by atoms with van der Waals surface area (Å²) in [5.74, 6) is 1.58. The van der Waals surface area contributed by atoms with Crippen molar-refractivity contribution in [2.45, 2.75) is 31.7 Å². The van der Waals surface area contributed by atoms with Gasteiger partial charge in [-0.25, -0.2) is 23.7 Å². The summed E-state index contributed by atoms with van der Waals surface area (Å²) in [5.41, 5.74) is 2.20. The minimum atomic E-state index is -2.59.